The van der Waals surface area contributed by atoms with Gasteiger partial charge in [-0.1, -0.05) is 41.5 Å². The van der Waals surface area contributed by atoms with E-state index in [1.165, 1.54) is 0 Å². The van der Waals surface area contributed by atoms with E-state index in [4.69, 9.17) is 0 Å². The SMILES string of the molecule is CC(C)(C)C[P](=O)CC(C)(C)C. The van der Waals surface area contributed by atoms with E-state index < -0.39 is 7.80 Å². The molecule has 0 rings (SSSR count). The Bertz CT molecular complexity index is 142. The zero-order valence-electron chi connectivity index (χ0n) is 9.27. The van der Waals surface area contributed by atoms with Crippen molar-refractivity contribution in [2.45, 2.75) is 41.5 Å². The van der Waals surface area contributed by atoms with Gasteiger partial charge < -0.3 is 0 Å². The molecule has 0 saturated carbocycles. The Hall–Kier alpha value is 0.100. The Balaban J connectivity index is 3.92. The van der Waals surface area contributed by atoms with Crippen LogP contribution in [0.2, 0.25) is 0 Å². The van der Waals surface area contributed by atoms with Gasteiger partial charge in [0.15, 0.2) is 0 Å². The van der Waals surface area contributed by atoms with Gasteiger partial charge >= 0.3 is 0 Å². The van der Waals surface area contributed by atoms with Crippen LogP contribution in [-0.2, 0) is 4.57 Å². The average molecular weight is 189 g/mol. The lowest BCUT2D eigenvalue weighted by molar-refractivity contribution is 0.443. The first kappa shape index (κ1) is 12.1. The molecule has 0 aliphatic carbocycles. The molecule has 0 amide bonds. The van der Waals surface area contributed by atoms with Gasteiger partial charge in [0.1, 0.15) is 0 Å². The molecule has 0 aromatic rings. The minimum absolute atomic E-state index is 0.207. The summed E-state index contributed by atoms with van der Waals surface area (Å²) in [5.74, 6) is 0. The molecule has 0 aliphatic rings. The Morgan fingerprint density at radius 1 is 0.833 bits per heavy atom. The van der Waals surface area contributed by atoms with Crippen LogP contribution < -0.4 is 0 Å². The maximum absolute atomic E-state index is 11.6. The van der Waals surface area contributed by atoms with Crippen molar-refractivity contribution in [3.63, 3.8) is 0 Å². The molecule has 0 bridgehead atoms. The second kappa shape index (κ2) is 3.87. The third kappa shape index (κ3) is 8.20. The van der Waals surface area contributed by atoms with E-state index in [-0.39, 0.29) is 10.8 Å². The highest BCUT2D eigenvalue weighted by Crippen LogP contribution is 2.36. The number of hydrogen-bond acceptors (Lipinski definition) is 1. The third-order valence-electron chi connectivity index (χ3n) is 1.30. The summed E-state index contributed by atoms with van der Waals surface area (Å²) in [6.45, 7) is 12.9. The molecule has 0 atom stereocenters. The van der Waals surface area contributed by atoms with Gasteiger partial charge in [-0.2, -0.15) is 0 Å². The van der Waals surface area contributed by atoms with Crippen molar-refractivity contribution in [1.82, 2.24) is 0 Å². The second-order valence-corrected chi connectivity index (χ2v) is 7.52. The summed E-state index contributed by atoms with van der Waals surface area (Å²) in [5, 5.41) is 0. The molecule has 0 heterocycles. The van der Waals surface area contributed by atoms with Crippen LogP contribution in [-0.4, -0.2) is 12.3 Å². The van der Waals surface area contributed by atoms with E-state index in [0.717, 1.165) is 12.3 Å². The molecule has 0 aliphatic heterocycles. The van der Waals surface area contributed by atoms with Gasteiger partial charge in [0.25, 0.3) is 0 Å². The lowest BCUT2D eigenvalue weighted by Gasteiger charge is -2.21. The summed E-state index contributed by atoms with van der Waals surface area (Å²) in [6.07, 6.45) is 1.69. The molecular formula is C10H22OP. The fourth-order valence-corrected chi connectivity index (χ4v) is 3.34. The van der Waals surface area contributed by atoms with Crippen LogP contribution in [0.5, 0.6) is 0 Å². The predicted molar refractivity (Wildman–Crippen MR) is 56.3 cm³/mol. The van der Waals surface area contributed by atoms with E-state index in [0.29, 0.717) is 0 Å². The van der Waals surface area contributed by atoms with Gasteiger partial charge in [0, 0.05) is 12.3 Å². The van der Waals surface area contributed by atoms with Crippen LogP contribution in [0.25, 0.3) is 0 Å². The summed E-state index contributed by atoms with van der Waals surface area (Å²) < 4.78 is 11.6. The van der Waals surface area contributed by atoms with Crippen molar-refractivity contribution >= 4 is 7.80 Å². The van der Waals surface area contributed by atoms with Gasteiger partial charge in [-0.3, -0.25) is 4.57 Å². The fraction of sp³-hybridized carbons (Fsp3) is 1.00. The Labute approximate surface area is 77.7 Å². The molecule has 12 heavy (non-hydrogen) atoms. The van der Waals surface area contributed by atoms with Crippen molar-refractivity contribution in [2.75, 3.05) is 12.3 Å². The standard InChI is InChI=1S/C10H22OP/c1-9(2,3)7-12(11)8-10(4,5)6/h7-8H2,1-6H3. The summed E-state index contributed by atoms with van der Waals surface area (Å²) in [7, 11) is -1.01. The predicted octanol–water partition coefficient (Wildman–Crippen LogP) is 3.91. The zero-order valence-corrected chi connectivity index (χ0v) is 10.2. The minimum atomic E-state index is -1.01. The molecule has 0 fully saturated rings. The normalized spacial score (nSPS) is 13.2. The van der Waals surface area contributed by atoms with Gasteiger partial charge in [-0.05, 0) is 10.8 Å². The molecule has 2 heteroatoms. The van der Waals surface area contributed by atoms with Gasteiger partial charge in [-0.15, -0.1) is 0 Å². The smallest absolute Gasteiger partial charge is 0.0729 e. The highest BCUT2D eigenvalue weighted by molar-refractivity contribution is 7.44. The van der Waals surface area contributed by atoms with Crippen molar-refractivity contribution in [3.05, 3.63) is 0 Å². The van der Waals surface area contributed by atoms with E-state index in [9.17, 15) is 4.57 Å². The van der Waals surface area contributed by atoms with Gasteiger partial charge in [-0.25, -0.2) is 0 Å². The Kier molecular flexibility index (Phi) is 3.90. The van der Waals surface area contributed by atoms with Crippen LogP contribution in [0.3, 0.4) is 0 Å². The quantitative estimate of drug-likeness (QED) is 0.602. The molecule has 0 unspecified atom stereocenters. The highest BCUT2D eigenvalue weighted by atomic mass is 31.1. The van der Waals surface area contributed by atoms with Crippen LogP contribution in [0.1, 0.15) is 41.5 Å². The van der Waals surface area contributed by atoms with Crippen molar-refractivity contribution in [2.24, 2.45) is 10.8 Å². The van der Waals surface area contributed by atoms with E-state index in [1.807, 2.05) is 0 Å². The first-order valence-corrected chi connectivity index (χ1v) is 6.15. The molecular weight excluding hydrogens is 167 g/mol. The van der Waals surface area contributed by atoms with E-state index in [2.05, 4.69) is 41.5 Å². The van der Waals surface area contributed by atoms with Crippen LogP contribution >= 0.6 is 7.80 Å². The first-order valence-electron chi connectivity index (χ1n) is 4.52. The highest BCUT2D eigenvalue weighted by Gasteiger charge is 2.20. The van der Waals surface area contributed by atoms with Gasteiger partial charge in [0.05, 0.1) is 7.80 Å². The lowest BCUT2D eigenvalue weighted by atomic mass is 10.0. The van der Waals surface area contributed by atoms with Crippen LogP contribution in [0.15, 0.2) is 0 Å². The zero-order chi connectivity index (χ0) is 9.99. The lowest BCUT2D eigenvalue weighted by Crippen LogP contribution is -2.14. The number of rotatable bonds is 2. The molecule has 73 valence electrons. The molecule has 0 saturated heterocycles. The Morgan fingerprint density at radius 3 is 1.25 bits per heavy atom. The number of hydrogen-bond donors (Lipinski definition) is 0. The molecule has 0 aromatic heterocycles. The van der Waals surface area contributed by atoms with E-state index in [1.54, 1.807) is 0 Å². The van der Waals surface area contributed by atoms with Crippen molar-refractivity contribution in [1.29, 1.82) is 0 Å². The topological polar surface area (TPSA) is 17.1 Å². The molecule has 1 nitrogen and oxygen atoms in total. The summed E-state index contributed by atoms with van der Waals surface area (Å²) in [6, 6.07) is 0. The van der Waals surface area contributed by atoms with Crippen molar-refractivity contribution in [3.8, 4) is 0 Å². The first-order chi connectivity index (χ1) is 5.10. The van der Waals surface area contributed by atoms with Gasteiger partial charge in [0.2, 0.25) is 0 Å². The molecule has 0 spiro atoms. The maximum Gasteiger partial charge on any atom is 0.0729 e. The monoisotopic (exact) mass is 189 g/mol. The average Bonchev–Trinajstić information content (AvgIpc) is 1.49. The second-order valence-electron chi connectivity index (χ2n) is 5.92. The third-order valence-corrected chi connectivity index (χ3v) is 3.90. The molecule has 0 aromatic carbocycles. The summed E-state index contributed by atoms with van der Waals surface area (Å²) in [4.78, 5) is 0. The summed E-state index contributed by atoms with van der Waals surface area (Å²) >= 11 is 0. The fourth-order valence-electron chi connectivity index (χ4n) is 1.11. The summed E-state index contributed by atoms with van der Waals surface area (Å²) in [5.41, 5.74) is 0.414. The van der Waals surface area contributed by atoms with Crippen LogP contribution in [0, 0.1) is 10.8 Å². The largest absolute Gasteiger partial charge is 0.287 e. The van der Waals surface area contributed by atoms with E-state index >= 15 is 0 Å². The molecule has 0 N–H and O–H groups in total. The van der Waals surface area contributed by atoms with Crippen LogP contribution in [0.4, 0.5) is 0 Å². The minimum Gasteiger partial charge on any atom is -0.287 e. The maximum atomic E-state index is 11.6. The van der Waals surface area contributed by atoms with Crippen molar-refractivity contribution < 1.29 is 4.57 Å². The Morgan fingerprint density at radius 2 is 1.08 bits per heavy atom. The molecule has 1 radical (unpaired) electrons.